The van der Waals surface area contributed by atoms with Crippen LogP contribution in [0.1, 0.15) is 15.9 Å². The highest BCUT2D eigenvalue weighted by atomic mass is 35.5. The number of hydrogen-bond acceptors (Lipinski definition) is 4. The molecule has 1 amide bonds. The third-order valence-corrected chi connectivity index (χ3v) is 3.80. The summed E-state index contributed by atoms with van der Waals surface area (Å²) in [4.78, 5) is 12.2. The van der Waals surface area contributed by atoms with Crippen LogP contribution in [-0.2, 0) is 0 Å². The quantitative estimate of drug-likeness (QED) is 0.502. The summed E-state index contributed by atoms with van der Waals surface area (Å²) in [6, 6.07) is 15.3. The van der Waals surface area contributed by atoms with Crippen molar-refractivity contribution < 1.29 is 15.0 Å². The zero-order valence-corrected chi connectivity index (χ0v) is 13.2. The molecule has 3 aromatic rings. The van der Waals surface area contributed by atoms with Gasteiger partial charge >= 0.3 is 0 Å². The monoisotopic (exact) mass is 340 g/mol. The molecule has 24 heavy (non-hydrogen) atoms. The smallest absolute Gasteiger partial charge is 0.275 e. The molecule has 0 aliphatic carbocycles. The summed E-state index contributed by atoms with van der Waals surface area (Å²) >= 11 is 5.80. The van der Waals surface area contributed by atoms with Crippen LogP contribution >= 0.6 is 11.6 Å². The SMILES string of the molecule is O=C(NN=Cc1cccc(Cl)c1O)c1cc2ccccc2cc1O. The third-order valence-electron chi connectivity index (χ3n) is 3.50. The second-order valence-electron chi connectivity index (χ2n) is 5.09. The number of nitrogens with zero attached hydrogens (tertiary/aromatic N) is 1. The molecule has 0 unspecified atom stereocenters. The van der Waals surface area contributed by atoms with Crippen LogP contribution in [0.25, 0.3) is 10.8 Å². The summed E-state index contributed by atoms with van der Waals surface area (Å²) in [6.45, 7) is 0. The van der Waals surface area contributed by atoms with Gasteiger partial charge < -0.3 is 10.2 Å². The Morgan fingerprint density at radius 3 is 2.50 bits per heavy atom. The molecule has 0 bridgehead atoms. The number of para-hydroxylation sites is 1. The minimum absolute atomic E-state index is 0.112. The van der Waals surface area contributed by atoms with E-state index in [9.17, 15) is 15.0 Å². The zero-order valence-electron chi connectivity index (χ0n) is 12.4. The van der Waals surface area contributed by atoms with Gasteiger partial charge in [0, 0.05) is 5.56 Å². The molecule has 120 valence electrons. The van der Waals surface area contributed by atoms with E-state index in [2.05, 4.69) is 10.5 Å². The summed E-state index contributed by atoms with van der Waals surface area (Å²) in [7, 11) is 0. The van der Waals surface area contributed by atoms with Gasteiger partial charge in [-0.05, 0) is 35.0 Å². The first-order chi connectivity index (χ1) is 11.6. The van der Waals surface area contributed by atoms with Crippen LogP contribution in [-0.4, -0.2) is 22.3 Å². The second kappa shape index (κ2) is 6.60. The number of fused-ring (bicyclic) bond motifs is 1. The van der Waals surface area contributed by atoms with Gasteiger partial charge in [-0.2, -0.15) is 5.10 Å². The lowest BCUT2D eigenvalue weighted by Gasteiger charge is -2.06. The van der Waals surface area contributed by atoms with Crippen LogP contribution in [0.15, 0.2) is 59.7 Å². The van der Waals surface area contributed by atoms with Crippen LogP contribution in [0.4, 0.5) is 0 Å². The number of hydrazone groups is 1. The van der Waals surface area contributed by atoms with Crippen molar-refractivity contribution in [2.45, 2.75) is 0 Å². The van der Waals surface area contributed by atoms with E-state index in [1.165, 1.54) is 12.3 Å². The van der Waals surface area contributed by atoms with Crippen LogP contribution in [0, 0.1) is 0 Å². The molecule has 0 aliphatic heterocycles. The van der Waals surface area contributed by atoms with Crippen LogP contribution in [0.5, 0.6) is 11.5 Å². The van der Waals surface area contributed by atoms with Gasteiger partial charge in [-0.1, -0.05) is 41.9 Å². The highest BCUT2D eigenvalue weighted by Gasteiger charge is 2.12. The number of benzene rings is 3. The lowest BCUT2D eigenvalue weighted by Crippen LogP contribution is -2.17. The largest absolute Gasteiger partial charge is 0.507 e. The van der Waals surface area contributed by atoms with Gasteiger partial charge in [-0.25, -0.2) is 5.43 Å². The molecule has 0 atom stereocenters. The molecule has 0 aliphatic rings. The highest BCUT2D eigenvalue weighted by Crippen LogP contribution is 2.26. The Kier molecular flexibility index (Phi) is 4.35. The Morgan fingerprint density at radius 1 is 1.04 bits per heavy atom. The topological polar surface area (TPSA) is 81.9 Å². The molecule has 0 radical (unpaired) electrons. The first kappa shape index (κ1) is 15.8. The highest BCUT2D eigenvalue weighted by molar-refractivity contribution is 6.32. The molecule has 6 heteroatoms. The summed E-state index contributed by atoms with van der Waals surface area (Å²) in [5, 5.41) is 25.4. The first-order valence-electron chi connectivity index (χ1n) is 7.09. The zero-order chi connectivity index (χ0) is 17.1. The molecule has 3 rings (SSSR count). The van der Waals surface area contributed by atoms with Gasteiger partial charge in [0.25, 0.3) is 5.91 Å². The predicted molar refractivity (Wildman–Crippen MR) is 93.8 cm³/mol. The van der Waals surface area contributed by atoms with Crippen LogP contribution < -0.4 is 5.43 Å². The fourth-order valence-electron chi connectivity index (χ4n) is 2.27. The van der Waals surface area contributed by atoms with Crippen molar-refractivity contribution in [3.8, 4) is 11.5 Å². The van der Waals surface area contributed by atoms with E-state index in [1.807, 2.05) is 24.3 Å². The normalized spacial score (nSPS) is 11.0. The fourth-order valence-corrected chi connectivity index (χ4v) is 2.45. The molecule has 0 saturated heterocycles. The lowest BCUT2D eigenvalue weighted by molar-refractivity contribution is 0.0952. The lowest BCUT2D eigenvalue weighted by atomic mass is 10.1. The number of hydrogen-bond donors (Lipinski definition) is 3. The second-order valence-corrected chi connectivity index (χ2v) is 5.50. The molecule has 0 fully saturated rings. The maximum absolute atomic E-state index is 12.2. The van der Waals surface area contributed by atoms with Crippen molar-refractivity contribution >= 4 is 34.5 Å². The van der Waals surface area contributed by atoms with Crippen molar-refractivity contribution in [2.75, 3.05) is 0 Å². The fraction of sp³-hybridized carbons (Fsp3) is 0. The third kappa shape index (κ3) is 3.16. The molecule has 0 heterocycles. The van der Waals surface area contributed by atoms with Gasteiger partial charge in [-0.15, -0.1) is 0 Å². The van der Waals surface area contributed by atoms with E-state index in [1.54, 1.807) is 24.3 Å². The summed E-state index contributed by atoms with van der Waals surface area (Å²) in [5.41, 5.74) is 2.79. The first-order valence-corrected chi connectivity index (χ1v) is 7.46. The summed E-state index contributed by atoms with van der Waals surface area (Å²) in [5.74, 6) is -0.811. The average molecular weight is 341 g/mol. The Labute approximate surface area is 142 Å². The van der Waals surface area contributed by atoms with E-state index in [0.29, 0.717) is 5.56 Å². The Bertz CT molecular complexity index is 954. The molecular weight excluding hydrogens is 328 g/mol. The van der Waals surface area contributed by atoms with E-state index in [-0.39, 0.29) is 22.1 Å². The van der Waals surface area contributed by atoms with Gasteiger partial charge in [0.05, 0.1) is 16.8 Å². The molecule has 0 spiro atoms. The number of nitrogens with one attached hydrogen (secondary N) is 1. The van der Waals surface area contributed by atoms with Crippen molar-refractivity contribution in [1.29, 1.82) is 0 Å². The van der Waals surface area contributed by atoms with Crippen molar-refractivity contribution in [1.82, 2.24) is 5.43 Å². The molecule has 0 saturated carbocycles. The van der Waals surface area contributed by atoms with Gasteiger partial charge in [0.1, 0.15) is 11.5 Å². The minimum atomic E-state index is -0.559. The van der Waals surface area contributed by atoms with Crippen LogP contribution in [0.2, 0.25) is 5.02 Å². The Morgan fingerprint density at radius 2 is 1.75 bits per heavy atom. The van der Waals surface area contributed by atoms with Gasteiger partial charge in [-0.3, -0.25) is 4.79 Å². The molecule has 5 nitrogen and oxygen atoms in total. The number of carbonyl (C=O) groups is 1. The van der Waals surface area contributed by atoms with Crippen molar-refractivity contribution in [3.63, 3.8) is 0 Å². The number of phenols is 2. The molecular formula is C18H13ClN2O3. The number of aromatic hydroxyl groups is 2. The molecule has 3 aromatic carbocycles. The maximum atomic E-state index is 12.2. The van der Waals surface area contributed by atoms with E-state index in [0.717, 1.165) is 10.8 Å². The number of halogens is 1. The van der Waals surface area contributed by atoms with Crippen LogP contribution in [0.3, 0.4) is 0 Å². The predicted octanol–water partition coefficient (Wildman–Crippen LogP) is 3.67. The van der Waals surface area contributed by atoms with Crippen molar-refractivity contribution in [2.24, 2.45) is 5.10 Å². The molecule has 0 aromatic heterocycles. The summed E-state index contributed by atoms with van der Waals surface area (Å²) in [6.07, 6.45) is 1.28. The van der Waals surface area contributed by atoms with Gasteiger partial charge in [0.2, 0.25) is 0 Å². The Balaban J connectivity index is 1.81. The minimum Gasteiger partial charge on any atom is -0.507 e. The Hall–Kier alpha value is -3.05. The molecule has 3 N–H and O–H groups in total. The average Bonchev–Trinajstić information content (AvgIpc) is 2.58. The van der Waals surface area contributed by atoms with Crippen molar-refractivity contribution in [3.05, 3.63) is 70.7 Å². The number of rotatable bonds is 3. The standard InChI is InChI=1S/C18H13ClN2O3/c19-15-7-3-6-13(17(15)23)10-20-21-18(24)14-8-11-4-1-2-5-12(11)9-16(14)22/h1-10,22-23H,(H,21,24). The summed E-state index contributed by atoms with van der Waals surface area (Å²) < 4.78 is 0. The van der Waals surface area contributed by atoms with E-state index >= 15 is 0 Å². The number of carbonyl (C=O) groups excluding carboxylic acids is 1. The van der Waals surface area contributed by atoms with Gasteiger partial charge in [0.15, 0.2) is 0 Å². The van der Waals surface area contributed by atoms with E-state index < -0.39 is 5.91 Å². The maximum Gasteiger partial charge on any atom is 0.275 e. The van der Waals surface area contributed by atoms with E-state index in [4.69, 9.17) is 11.6 Å². The number of phenolic OH excluding ortho intramolecular Hbond substituents is 2. The number of amides is 1.